The maximum Gasteiger partial charge on any atom is 0.0890 e. The maximum absolute atomic E-state index is 6.20. The summed E-state index contributed by atoms with van der Waals surface area (Å²) >= 11 is 0. The van der Waals surface area contributed by atoms with E-state index in [1.54, 1.807) is 17.1 Å². The van der Waals surface area contributed by atoms with Gasteiger partial charge in [-0.05, 0) is 17.7 Å². The molecular weight excluding hydrogens is 240 g/mol. The SMILES string of the molecule is Cn1cc(CC(N)c2ccc3nccnc3c2)nn1. The number of nitrogens with zero attached hydrogens (tertiary/aromatic N) is 5. The first kappa shape index (κ1) is 11.7. The zero-order valence-corrected chi connectivity index (χ0v) is 10.6. The van der Waals surface area contributed by atoms with E-state index in [0.717, 1.165) is 22.3 Å². The highest BCUT2D eigenvalue weighted by Crippen LogP contribution is 2.18. The Morgan fingerprint density at radius 1 is 1.21 bits per heavy atom. The summed E-state index contributed by atoms with van der Waals surface area (Å²) in [5, 5.41) is 7.95. The third kappa shape index (κ3) is 2.43. The van der Waals surface area contributed by atoms with Gasteiger partial charge in [-0.1, -0.05) is 11.3 Å². The van der Waals surface area contributed by atoms with Crippen molar-refractivity contribution in [3.8, 4) is 0 Å². The van der Waals surface area contributed by atoms with Crippen LogP contribution in [0.4, 0.5) is 0 Å². The molecule has 1 unspecified atom stereocenters. The normalized spacial score (nSPS) is 12.7. The lowest BCUT2D eigenvalue weighted by Crippen LogP contribution is -2.13. The molecule has 0 amide bonds. The zero-order chi connectivity index (χ0) is 13.2. The van der Waals surface area contributed by atoms with E-state index in [9.17, 15) is 0 Å². The molecule has 0 aliphatic carbocycles. The molecule has 0 saturated heterocycles. The van der Waals surface area contributed by atoms with Gasteiger partial charge in [0.1, 0.15) is 0 Å². The average Bonchev–Trinajstić information content (AvgIpc) is 2.83. The largest absolute Gasteiger partial charge is 0.324 e. The smallest absolute Gasteiger partial charge is 0.0890 e. The van der Waals surface area contributed by atoms with Crippen LogP contribution in [0.25, 0.3) is 11.0 Å². The fourth-order valence-electron chi connectivity index (χ4n) is 2.04. The minimum atomic E-state index is -0.122. The lowest BCUT2D eigenvalue weighted by molar-refractivity contribution is 0.694. The van der Waals surface area contributed by atoms with E-state index < -0.39 is 0 Å². The van der Waals surface area contributed by atoms with Gasteiger partial charge in [0.05, 0.1) is 16.7 Å². The molecule has 1 aromatic carbocycles. The highest BCUT2D eigenvalue weighted by molar-refractivity contribution is 5.74. The van der Waals surface area contributed by atoms with Crippen molar-refractivity contribution in [3.63, 3.8) is 0 Å². The van der Waals surface area contributed by atoms with Gasteiger partial charge in [-0.2, -0.15) is 0 Å². The molecule has 19 heavy (non-hydrogen) atoms. The molecule has 0 aliphatic heterocycles. The Balaban J connectivity index is 1.86. The molecule has 0 saturated carbocycles. The van der Waals surface area contributed by atoms with Crippen LogP contribution in [-0.4, -0.2) is 25.0 Å². The van der Waals surface area contributed by atoms with Crippen LogP contribution in [0.5, 0.6) is 0 Å². The number of nitrogens with two attached hydrogens (primary N) is 1. The third-order valence-corrected chi connectivity index (χ3v) is 3.00. The molecule has 1 atom stereocenters. The van der Waals surface area contributed by atoms with Crippen molar-refractivity contribution >= 4 is 11.0 Å². The predicted molar refractivity (Wildman–Crippen MR) is 71.2 cm³/mol. The van der Waals surface area contributed by atoms with Crippen molar-refractivity contribution in [1.29, 1.82) is 0 Å². The summed E-state index contributed by atoms with van der Waals surface area (Å²) in [4.78, 5) is 8.53. The monoisotopic (exact) mass is 254 g/mol. The van der Waals surface area contributed by atoms with Crippen LogP contribution in [0.3, 0.4) is 0 Å². The fourth-order valence-corrected chi connectivity index (χ4v) is 2.04. The van der Waals surface area contributed by atoms with Crippen LogP contribution in [-0.2, 0) is 13.5 Å². The van der Waals surface area contributed by atoms with Gasteiger partial charge >= 0.3 is 0 Å². The van der Waals surface area contributed by atoms with E-state index in [2.05, 4.69) is 20.3 Å². The Labute approximate surface area is 110 Å². The first-order chi connectivity index (χ1) is 9.22. The summed E-state index contributed by atoms with van der Waals surface area (Å²) in [5.74, 6) is 0. The highest BCUT2D eigenvalue weighted by Gasteiger charge is 2.10. The quantitative estimate of drug-likeness (QED) is 0.754. The summed E-state index contributed by atoms with van der Waals surface area (Å²) < 4.78 is 1.67. The maximum atomic E-state index is 6.20. The second kappa shape index (κ2) is 4.74. The average molecular weight is 254 g/mol. The van der Waals surface area contributed by atoms with Crippen molar-refractivity contribution in [2.75, 3.05) is 0 Å². The van der Waals surface area contributed by atoms with Gasteiger partial charge in [0, 0.05) is 38.1 Å². The molecule has 96 valence electrons. The Morgan fingerprint density at radius 2 is 2.00 bits per heavy atom. The molecule has 3 aromatic rings. The predicted octanol–water partition coefficient (Wildman–Crippen LogP) is 1.00. The van der Waals surface area contributed by atoms with Gasteiger partial charge < -0.3 is 5.73 Å². The van der Waals surface area contributed by atoms with E-state index in [-0.39, 0.29) is 6.04 Å². The minimum Gasteiger partial charge on any atom is -0.324 e. The Kier molecular flexibility index (Phi) is 2.92. The van der Waals surface area contributed by atoms with Crippen LogP contribution in [0.1, 0.15) is 17.3 Å². The number of fused-ring (bicyclic) bond motifs is 1. The van der Waals surface area contributed by atoms with Gasteiger partial charge in [-0.3, -0.25) is 14.6 Å². The van der Waals surface area contributed by atoms with Crippen molar-refractivity contribution in [2.24, 2.45) is 12.8 Å². The van der Waals surface area contributed by atoms with E-state index in [1.807, 2.05) is 31.4 Å². The van der Waals surface area contributed by atoms with Crippen LogP contribution in [0, 0.1) is 0 Å². The molecule has 2 heterocycles. The summed E-state index contributed by atoms with van der Waals surface area (Å²) in [7, 11) is 1.84. The highest BCUT2D eigenvalue weighted by atomic mass is 15.4. The molecule has 0 radical (unpaired) electrons. The van der Waals surface area contributed by atoms with Crippen molar-refractivity contribution in [1.82, 2.24) is 25.0 Å². The summed E-state index contributed by atoms with van der Waals surface area (Å²) in [6.07, 6.45) is 5.89. The number of benzene rings is 1. The Bertz CT molecular complexity index is 705. The number of rotatable bonds is 3. The molecule has 2 aromatic heterocycles. The van der Waals surface area contributed by atoms with Crippen molar-refractivity contribution in [3.05, 3.63) is 48.0 Å². The summed E-state index contributed by atoms with van der Waals surface area (Å²) in [5.41, 5.74) is 9.84. The molecule has 0 bridgehead atoms. The van der Waals surface area contributed by atoms with E-state index in [0.29, 0.717) is 6.42 Å². The van der Waals surface area contributed by atoms with Crippen LogP contribution in [0.15, 0.2) is 36.8 Å². The molecule has 0 aliphatic rings. The zero-order valence-electron chi connectivity index (χ0n) is 10.6. The summed E-state index contributed by atoms with van der Waals surface area (Å²) in [6.45, 7) is 0. The van der Waals surface area contributed by atoms with Crippen molar-refractivity contribution < 1.29 is 0 Å². The van der Waals surface area contributed by atoms with E-state index >= 15 is 0 Å². The van der Waals surface area contributed by atoms with Crippen LogP contribution >= 0.6 is 0 Å². The summed E-state index contributed by atoms with van der Waals surface area (Å²) in [6, 6.07) is 5.78. The van der Waals surface area contributed by atoms with Gasteiger partial charge in [-0.15, -0.1) is 5.10 Å². The van der Waals surface area contributed by atoms with Crippen molar-refractivity contribution in [2.45, 2.75) is 12.5 Å². The van der Waals surface area contributed by atoms with Gasteiger partial charge in [-0.25, -0.2) is 0 Å². The van der Waals surface area contributed by atoms with Gasteiger partial charge in [0.2, 0.25) is 0 Å². The Morgan fingerprint density at radius 3 is 2.74 bits per heavy atom. The number of hydrogen-bond donors (Lipinski definition) is 1. The molecule has 0 fully saturated rings. The third-order valence-electron chi connectivity index (χ3n) is 3.00. The molecule has 3 rings (SSSR count). The lowest BCUT2D eigenvalue weighted by Gasteiger charge is -2.10. The fraction of sp³-hybridized carbons (Fsp3) is 0.231. The first-order valence-corrected chi connectivity index (χ1v) is 6.04. The second-order valence-corrected chi connectivity index (χ2v) is 4.50. The lowest BCUT2D eigenvalue weighted by atomic mass is 10.0. The number of aromatic nitrogens is 5. The number of hydrogen-bond acceptors (Lipinski definition) is 5. The van der Waals surface area contributed by atoms with Crippen LogP contribution in [0.2, 0.25) is 0 Å². The first-order valence-electron chi connectivity index (χ1n) is 6.04. The van der Waals surface area contributed by atoms with Gasteiger partial charge in [0.25, 0.3) is 0 Å². The molecular formula is C13H14N6. The topological polar surface area (TPSA) is 82.5 Å². The van der Waals surface area contributed by atoms with E-state index in [4.69, 9.17) is 5.73 Å². The van der Waals surface area contributed by atoms with E-state index in [1.165, 1.54) is 0 Å². The van der Waals surface area contributed by atoms with Crippen LogP contribution < -0.4 is 5.73 Å². The standard InChI is InChI=1S/C13H14N6/c1-19-8-10(17-18-19)7-11(14)9-2-3-12-13(6-9)16-5-4-15-12/h2-6,8,11H,7,14H2,1H3. The molecule has 0 spiro atoms. The number of aryl methyl sites for hydroxylation is 1. The second-order valence-electron chi connectivity index (χ2n) is 4.50. The molecule has 2 N–H and O–H groups in total. The minimum absolute atomic E-state index is 0.122. The van der Waals surface area contributed by atoms with Gasteiger partial charge in [0.15, 0.2) is 0 Å². The Hall–Kier alpha value is -2.34. The molecule has 6 heteroatoms. The molecule has 6 nitrogen and oxygen atoms in total.